The van der Waals surface area contributed by atoms with E-state index < -0.39 is 0 Å². The fourth-order valence-corrected chi connectivity index (χ4v) is 1.62. The molecule has 1 rings (SSSR count). The van der Waals surface area contributed by atoms with Crippen molar-refractivity contribution in [3.63, 3.8) is 0 Å². The first-order valence-electron chi connectivity index (χ1n) is 5.69. The number of aromatic nitrogens is 2. The summed E-state index contributed by atoms with van der Waals surface area (Å²) < 4.78 is 1.66. The molecular weight excluding hydrogens is 220 g/mol. The Balaban J connectivity index is 2.50. The lowest BCUT2D eigenvalue weighted by Gasteiger charge is -2.18. The standard InChI is InChI=1S/C11H20N4O2/c1-8(2)10(11(12)17)13-5-9-6-14-15(7-9)3-4-16/h6-8,10,13,16H,3-5H2,1-2H3,(H2,12,17). The van der Waals surface area contributed by atoms with Crippen LogP contribution in [0, 0.1) is 5.92 Å². The summed E-state index contributed by atoms with van der Waals surface area (Å²) in [4.78, 5) is 11.2. The minimum absolute atomic E-state index is 0.0600. The van der Waals surface area contributed by atoms with Crippen LogP contribution in [-0.2, 0) is 17.9 Å². The van der Waals surface area contributed by atoms with Crippen LogP contribution in [0.3, 0.4) is 0 Å². The van der Waals surface area contributed by atoms with Gasteiger partial charge in [0.1, 0.15) is 0 Å². The van der Waals surface area contributed by atoms with Gasteiger partial charge in [0.25, 0.3) is 0 Å². The van der Waals surface area contributed by atoms with Gasteiger partial charge in [-0.25, -0.2) is 0 Å². The van der Waals surface area contributed by atoms with Crippen molar-refractivity contribution in [2.24, 2.45) is 11.7 Å². The molecule has 96 valence electrons. The average molecular weight is 240 g/mol. The number of hydrogen-bond acceptors (Lipinski definition) is 4. The molecule has 1 unspecified atom stereocenters. The predicted octanol–water partition coefficient (Wildman–Crippen LogP) is -0.525. The van der Waals surface area contributed by atoms with Crippen LogP contribution in [0.15, 0.2) is 12.4 Å². The highest BCUT2D eigenvalue weighted by Crippen LogP contribution is 2.03. The molecular formula is C11H20N4O2. The van der Waals surface area contributed by atoms with Crippen LogP contribution in [0.25, 0.3) is 0 Å². The van der Waals surface area contributed by atoms with Gasteiger partial charge in [-0.05, 0) is 5.92 Å². The molecule has 0 aliphatic rings. The lowest BCUT2D eigenvalue weighted by atomic mass is 10.0. The minimum atomic E-state index is -0.345. The van der Waals surface area contributed by atoms with Gasteiger partial charge in [0, 0.05) is 18.3 Å². The number of nitrogens with one attached hydrogen (secondary N) is 1. The predicted molar refractivity (Wildman–Crippen MR) is 64.0 cm³/mol. The van der Waals surface area contributed by atoms with Gasteiger partial charge in [0.2, 0.25) is 5.91 Å². The molecule has 6 heteroatoms. The number of carbonyl (C=O) groups excluding carboxylic acids is 1. The second kappa shape index (κ2) is 6.36. The monoisotopic (exact) mass is 240 g/mol. The second-order valence-electron chi connectivity index (χ2n) is 4.34. The Labute approximate surface area is 101 Å². The fourth-order valence-electron chi connectivity index (χ4n) is 1.62. The maximum Gasteiger partial charge on any atom is 0.234 e. The Hall–Kier alpha value is -1.40. The topological polar surface area (TPSA) is 93.2 Å². The summed E-state index contributed by atoms with van der Waals surface area (Å²) in [6.07, 6.45) is 3.54. The van der Waals surface area contributed by atoms with Crippen molar-refractivity contribution in [2.75, 3.05) is 6.61 Å². The number of nitrogens with zero attached hydrogens (tertiary/aromatic N) is 2. The first-order chi connectivity index (χ1) is 8.04. The number of rotatable bonds is 7. The Kier molecular flexibility index (Phi) is 5.11. The molecule has 0 aliphatic heterocycles. The molecule has 0 radical (unpaired) electrons. The first-order valence-corrected chi connectivity index (χ1v) is 5.69. The lowest BCUT2D eigenvalue weighted by molar-refractivity contribution is -0.121. The highest BCUT2D eigenvalue weighted by molar-refractivity contribution is 5.80. The van der Waals surface area contributed by atoms with E-state index in [4.69, 9.17) is 10.8 Å². The smallest absolute Gasteiger partial charge is 0.234 e. The van der Waals surface area contributed by atoms with E-state index in [2.05, 4.69) is 10.4 Å². The third-order valence-corrected chi connectivity index (χ3v) is 2.52. The van der Waals surface area contributed by atoms with Crippen molar-refractivity contribution in [1.82, 2.24) is 15.1 Å². The van der Waals surface area contributed by atoms with Crippen LogP contribution in [0.5, 0.6) is 0 Å². The van der Waals surface area contributed by atoms with Crippen LogP contribution in [0.2, 0.25) is 0 Å². The molecule has 4 N–H and O–H groups in total. The summed E-state index contributed by atoms with van der Waals surface area (Å²) in [5, 5.41) is 15.9. The van der Waals surface area contributed by atoms with Crippen LogP contribution >= 0.6 is 0 Å². The van der Waals surface area contributed by atoms with Gasteiger partial charge in [-0.15, -0.1) is 0 Å². The van der Waals surface area contributed by atoms with E-state index in [1.165, 1.54) is 0 Å². The number of amides is 1. The van der Waals surface area contributed by atoms with Gasteiger partial charge in [0.15, 0.2) is 0 Å². The molecule has 1 amide bonds. The minimum Gasteiger partial charge on any atom is -0.394 e. The van der Waals surface area contributed by atoms with E-state index in [0.717, 1.165) is 5.56 Å². The Bertz CT molecular complexity index is 362. The first kappa shape index (κ1) is 13.7. The highest BCUT2D eigenvalue weighted by Gasteiger charge is 2.18. The summed E-state index contributed by atoms with van der Waals surface area (Å²) in [7, 11) is 0. The number of carbonyl (C=O) groups is 1. The second-order valence-corrected chi connectivity index (χ2v) is 4.34. The van der Waals surface area contributed by atoms with E-state index in [9.17, 15) is 4.79 Å². The molecule has 0 bridgehead atoms. The maximum atomic E-state index is 11.2. The Morgan fingerprint density at radius 2 is 2.35 bits per heavy atom. The molecule has 1 aromatic rings. The molecule has 0 saturated carbocycles. The molecule has 1 aromatic heterocycles. The van der Waals surface area contributed by atoms with Crippen molar-refractivity contribution in [3.05, 3.63) is 18.0 Å². The quantitative estimate of drug-likeness (QED) is 0.597. The Morgan fingerprint density at radius 1 is 1.65 bits per heavy atom. The van der Waals surface area contributed by atoms with Crippen molar-refractivity contribution >= 4 is 5.91 Å². The molecule has 0 aliphatic carbocycles. The van der Waals surface area contributed by atoms with Gasteiger partial charge in [-0.2, -0.15) is 5.10 Å². The maximum absolute atomic E-state index is 11.2. The van der Waals surface area contributed by atoms with E-state index in [0.29, 0.717) is 13.1 Å². The largest absolute Gasteiger partial charge is 0.394 e. The van der Waals surface area contributed by atoms with Gasteiger partial charge in [-0.1, -0.05) is 13.8 Å². The van der Waals surface area contributed by atoms with Crippen LogP contribution in [-0.4, -0.2) is 33.4 Å². The molecule has 0 saturated heterocycles. The molecule has 0 fully saturated rings. The number of hydrogen-bond donors (Lipinski definition) is 3. The van der Waals surface area contributed by atoms with E-state index >= 15 is 0 Å². The van der Waals surface area contributed by atoms with Crippen LogP contribution < -0.4 is 11.1 Å². The number of primary amides is 1. The summed E-state index contributed by atoms with van der Waals surface area (Å²) >= 11 is 0. The summed E-state index contributed by atoms with van der Waals surface area (Å²) in [6.45, 7) is 4.96. The van der Waals surface area contributed by atoms with Gasteiger partial charge in [-0.3, -0.25) is 9.48 Å². The van der Waals surface area contributed by atoms with Gasteiger partial charge < -0.3 is 16.2 Å². The lowest BCUT2D eigenvalue weighted by Crippen LogP contribution is -2.44. The van der Waals surface area contributed by atoms with E-state index in [1.54, 1.807) is 10.9 Å². The zero-order valence-electron chi connectivity index (χ0n) is 10.3. The van der Waals surface area contributed by atoms with Gasteiger partial charge >= 0.3 is 0 Å². The van der Waals surface area contributed by atoms with Crippen molar-refractivity contribution < 1.29 is 9.90 Å². The SMILES string of the molecule is CC(C)C(NCc1cnn(CCO)c1)C(N)=O. The van der Waals surface area contributed by atoms with E-state index in [1.807, 2.05) is 20.0 Å². The molecule has 17 heavy (non-hydrogen) atoms. The van der Waals surface area contributed by atoms with Crippen LogP contribution in [0.4, 0.5) is 0 Å². The normalized spacial score (nSPS) is 12.9. The average Bonchev–Trinajstić information content (AvgIpc) is 2.65. The fraction of sp³-hybridized carbons (Fsp3) is 0.636. The van der Waals surface area contributed by atoms with Gasteiger partial charge in [0.05, 0.1) is 25.4 Å². The van der Waals surface area contributed by atoms with E-state index in [-0.39, 0.29) is 24.5 Å². The molecule has 6 nitrogen and oxygen atoms in total. The Morgan fingerprint density at radius 3 is 2.88 bits per heavy atom. The number of aliphatic hydroxyl groups excluding tert-OH is 1. The van der Waals surface area contributed by atoms with Crippen molar-refractivity contribution in [3.8, 4) is 0 Å². The molecule has 0 aromatic carbocycles. The number of aliphatic hydroxyl groups is 1. The molecule has 0 spiro atoms. The zero-order valence-corrected chi connectivity index (χ0v) is 10.3. The van der Waals surface area contributed by atoms with Crippen molar-refractivity contribution in [1.29, 1.82) is 0 Å². The molecule has 1 heterocycles. The molecule has 1 atom stereocenters. The third-order valence-electron chi connectivity index (χ3n) is 2.52. The highest BCUT2D eigenvalue weighted by atomic mass is 16.3. The summed E-state index contributed by atoms with van der Waals surface area (Å²) in [6, 6.07) is -0.337. The summed E-state index contributed by atoms with van der Waals surface area (Å²) in [5.41, 5.74) is 6.26. The van der Waals surface area contributed by atoms with Crippen molar-refractivity contribution in [2.45, 2.75) is 33.0 Å². The third kappa shape index (κ3) is 4.16. The number of nitrogens with two attached hydrogens (primary N) is 1. The van der Waals surface area contributed by atoms with Crippen LogP contribution in [0.1, 0.15) is 19.4 Å². The summed E-state index contributed by atoms with van der Waals surface area (Å²) in [5.74, 6) is -0.192. The zero-order chi connectivity index (χ0) is 12.8.